The Kier molecular flexibility index (Phi) is 4.87. The lowest BCUT2D eigenvalue weighted by Gasteiger charge is -2.44. The smallest absolute Gasteiger partial charge is 0.162 e. The molecule has 0 saturated carbocycles. The third-order valence-electron chi connectivity index (χ3n) is 5.70. The van der Waals surface area contributed by atoms with Gasteiger partial charge in [-0.1, -0.05) is 12.2 Å². The van der Waals surface area contributed by atoms with Crippen LogP contribution in [0.2, 0.25) is 0 Å². The van der Waals surface area contributed by atoms with Crippen molar-refractivity contribution in [3.8, 4) is 11.5 Å². The molecule has 0 radical (unpaired) electrons. The van der Waals surface area contributed by atoms with Gasteiger partial charge < -0.3 is 23.7 Å². The summed E-state index contributed by atoms with van der Waals surface area (Å²) in [6.45, 7) is 4.21. The van der Waals surface area contributed by atoms with Crippen molar-refractivity contribution in [1.29, 1.82) is 0 Å². The van der Waals surface area contributed by atoms with Gasteiger partial charge in [0, 0.05) is 23.4 Å². The summed E-state index contributed by atoms with van der Waals surface area (Å²) in [6, 6.07) is 8.86. The lowest BCUT2D eigenvalue weighted by molar-refractivity contribution is 0.244. The minimum Gasteiger partial charge on any atom is -0.493 e. The fraction of sp³-hybridized carbons (Fsp3) is 0.455. The van der Waals surface area contributed by atoms with E-state index in [0.29, 0.717) is 6.04 Å². The molecule has 2 aliphatic rings. The summed E-state index contributed by atoms with van der Waals surface area (Å²) in [4.78, 5) is 4.92. The number of nitrogens with zero attached hydrogens (tertiary/aromatic N) is 2. The van der Waals surface area contributed by atoms with E-state index in [9.17, 15) is 0 Å². The molecule has 27 heavy (non-hydrogen) atoms. The summed E-state index contributed by atoms with van der Waals surface area (Å²) in [7, 11) is 5.57. The van der Waals surface area contributed by atoms with Crippen molar-refractivity contribution in [3.05, 3.63) is 47.4 Å². The largest absolute Gasteiger partial charge is 0.493 e. The Labute approximate surface area is 161 Å². The molecule has 1 saturated heterocycles. The summed E-state index contributed by atoms with van der Waals surface area (Å²) in [6.07, 6.45) is 6.68. The molecular weight excluding hydrogens is 340 g/mol. The van der Waals surface area contributed by atoms with Gasteiger partial charge in [-0.15, -0.1) is 0 Å². The zero-order valence-electron chi connectivity index (χ0n) is 16.6. The quantitative estimate of drug-likeness (QED) is 0.806. The highest BCUT2D eigenvalue weighted by Crippen LogP contribution is 2.44. The van der Waals surface area contributed by atoms with Crippen LogP contribution in [0.3, 0.4) is 0 Å². The zero-order valence-corrected chi connectivity index (χ0v) is 16.6. The minimum atomic E-state index is 0.0951. The summed E-state index contributed by atoms with van der Waals surface area (Å²) in [5, 5.41) is 0. The third-order valence-corrected chi connectivity index (χ3v) is 5.70. The van der Waals surface area contributed by atoms with Crippen LogP contribution in [-0.4, -0.2) is 45.3 Å². The van der Waals surface area contributed by atoms with E-state index in [1.54, 1.807) is 14.2 Å². The van der Waals surface area contributed by atoms with E-state index in [2.05, 4.69) is 47.2 Å². The van der Waals surface area contributed by atoms with Crippen LogP contribution in [0.5, 0.6) is 11.5 Å². The molecule has 144 valence electrons. The first-order valence-corrected chi connectivity index (χ1v) is 9.58. The number of benzene rings is 1. The molecule has 1 fully saturated rings. The average molecular weight is 368 g/mol. The van der Waals surface area contributed by atoms with E-state index in [4.69, 9.17) is 13.9 Å². The molecule has 1 aromatic carbocycles. The number of piperidine rings is 1. The molecule has 2 aliphatic heterocycles. The van der Waals surface area contributed by atoms with Gasteiger partial charge in [0.15, 0.2) is 11.5 Å². The Hall–Kier alpha value is -2.40. The van der Waals surface area contributed by atoms with Crippen LogP contribution in [-0.2, 0) is 0 Å². The standard InChI is InChI=1S/C22H28N2O3/c1-15-5-8-20(27-15)18-7-6-16-13-21(25-3)22(26-4)14-19(16)24(18)17-9-11-23(2)12-10-17/h5-8,13-14,17-18H,9-12H2,1-4H3. The van der Waals surface area contributed by atoms with Crippen molar-refractivity contribution in [3.63, 3.8) is 0 Å². The number of hydrogen-bond donors (Lipinski definition) is 0. The first kappa shape index (κ1) is 18.0. The Morgan fingerprint density at radius 1 is 1.04 bits per heavy atom. The maximum absolute atomic E-state index is 6.02. The highest BCUT2D eigenvalue weighted by Gasteiger charge is 2.34. The highest BCUT2D eigenvalue weighted by atomic mass is 16.5. The van der Waals surface area contributed by atoms with E-state index in [1.807, 2.05) is 13.0 Å². The normalized spacial score (nSPS) is 20.6. The molecular formula is C22H28N2O3. The lowest BCUT2D eigenvalue weighted by atomic mass is 9.94. The SMILES string of the molecule is COc1cc2c(cc1OC)N(C1CCN(C)CC1)C(c1ccc(C)o1)C=C2. The topological polar surface area (TPSA) is 38.1 Å². The number of aryl methyl sites for hydroxylation is 1. The number of rotatable bonds is 4. The fourth-order valence-electron chi connectivity index (χ4n) is 4.22. The van der Waals surface area contributed by atoms with Gasteiger partial charge in [-0.25, -0.2) is 0 Å². The second-order valence-corrected chi connectivity index (χ2v) is 7.46. The van der Waals surface area contributed by atoms with Crippen molar-refractivity contribution in [2.45, 2.75) is 31.8 Å². The third kappa shape index (κ3) is 3.32. The van der Waals surface area contributed by atoms with Crippen molar-refractivity contribution >= 4 is 11.8 Å². The Morgan fingerprint density at radius 2 is 1.74 bits per heavy atom. The maximum atomic E-state index is 6.02. The van der Waals surface area contributed by atoms with Crippen molar-refractivity contribution in [2.75, 3.05) is 39.3 Å². The van der Waals surface area contributed by atoms with Gasteiger partial charge in [0.25, 0.3) is 0 Å². The van der Waals surface area contributed by atoms with Gasteiger partial charge >= 0.3 is 0 Å². The monoisotopic (exact) mass is 368 g/mol. The van der Waals surface area contributed by atoms with Crippen molar-refractivity contribution in [2.24, 2.45) is 0 Å². The molecule has 3 heterocycles. The van der Waals surface area contributed by atoms with E-state index in [-0.39, 0.29) is 6.04 Å². The summed E-state index contributed by atoms with van der Waals surface area (Å²) in [5.74, 6) is 3.46. The molecule has 0 aliphatic carbocycles. The molecule has 2 aromatic rings. The van der Waals surface area contributed by atoms with Gasteiger partial charge in [-0.05, 0) is 58.1 Å². The number of furan rings is 1. The Balaban J connectivity index is 1.79. The minimum absolute atomic E-state index is 0.0951. The Morgan fingerprint density at radius 3 is 2.37 bits per heavy atom. The van der Waals surface area contributed by atoms with E-state index >= 15 is 0 Å². The van der Waals surface area contributed by atoms with Crippen LogP contribution < -0.4 is 14.4 Å². The number of anilines is 1. The van der Waals surface area contributed by atoms with E-state index < -0.39 is 0 Å². The maximum Gasteiger partial charge on any atom is 0.162 e. The van der Waals surface area contributed by atoms with Crippen LogP contribution in [0.15, 0.2) is 34.8 Å². The van der Waals surface area contributed by atoms with E-state index in [0.717, 1.165) is 54.5 Å². The van der Waals surface area contributed by atoms with Crippen molar-refractivity contribution < 1.29 is 13.9 Å². The van der Waals surface area contributed by atoms with E-state index in [1.165, 1.54) is 5.69 Å². The predicted octanol–water partition coefficient (Wildman–Crippen LogP) is 4.27. The van der Waals surface area contributed by atoms with Crippen LogP contribution in [0.4, 0.5) is 5.69 Å². The summed E-state index contributed by atoms with van der Waals surface area (Å²) >= 11 is 0. The molecule has 1 aromatic heterocycles. The molecule has 4 rings (SSSR count). The predicted molar refractivity (Wildman–Crippen MR) is 108 cm³/mol. The second kappa shape index (κ2) is 7.31. The molecule has 0 N–H and O–H groups in total. The van der Waals surface area contributed by atoms with Gasteiger partial charge in [-0.2, -0.15) is 0 Å². The molecule has 0 bridgehead atoms. The van der Waals surface area contributed by atoms with Crippen LogP contribution in [0.25, 0.3) is 6.08 Å². The number of hydrogen-bond acceptors (Lipinski definition) is 5. The zero-order chi connectivity index (χ0) is 19.0. The highest BCUT2D eigenvalue weighted by molar-refractivity contribution is 5.77. The molecule has 5 nitrogen and oxygen atoms in total. The Bertz CT molecular complexity index is 834. The van der Waals surface area contributed by atoms with Crippen LogP contribution in [0.1, 0.15) is 36.0 Å². The van der Waals surface area contributed by atoms with Crippen molar-refractivity contribution in [1.82, 2.24) is 4.90 Å². The van der Waals surface area contributed by atoms with Crippen LogP contribution in [0, 0.1) is 6.92 Å². The number of fused-ring (bicyclic) bond motifs is 1. The second-order valence-electron chi connectivity index (χ2n) is 7.46. The first-order chi connectivity index (χ1) is 13.1. The average Bonchev–Trinajstić information content (AvgIpc) is 3.12. The molecule has 0 amide bonds. The van der Waals surface area contributed by atoms with Gasteiger partial charge in [0.05, 0.1) is 14.2 Å². The molecule has 5 heteroatoms. The van der Waals surface area contributed by atoms with Gasteiger partial charge in [0.1, 0.15) is 17.6 Å². The molecule has 1 unspecified atom stereocenters. The lowest BCUT2D eigenvalue weighted by Crippen LogP contribution is -2.46. The van der Waals surface area contributed by atoms with Gasteiger partial charge in [-0.3, -0.25) is 0 Å². The number of methoxy groups -OCH3 is 2. The fourth-order valence-corrected chi connectivity index (χ4v) is 4.22. The summed E-state index contributed by atoms with van der Waals surface area (Å²) in [5.41, 5.74) is 2.34. The first-order valence-electron chi connectivity index (χ1n) is 9.58. The number of likely N-dealkylation sites (tertiary alicyclic amines) is 1. The summed E-state index contributed by atoms with van der Waals surface area (Å²) < 4.78 is 17.1. The van der Waals surface area contributed by atoms with Crippen LogP contribution >= 0.6 is 0 Å². The molecule has 1 atom stereocenters. The van der Waals surface area contributed by atoms with Gasteiger partial charge in [0.2, 0.25) is 0 Å². The molecule has 0 spiro atoms. The number of ether oxygens (including phenoxy) is 2.